The van der Waals surface area contributed by atoms with Crippen molar-refractivity contribution < 1.29 is 24.5 Å². The normalized spacial score (nSPS) is 22.3. The lowest BCUT2D eigenvalue weighted by Crippen LogP contribution is -2.49. The summed E-state index contributed by atoms with van der Waals surface area (Å²) in [4.78, 5) is 23.8. The fourth-order valence-electron chi connectivity index (χ4n) is 1.77. The number of carbonyl (C=O) groups is 2. The predicted molar refractivity (Wildman–Crippen MR) is 63.3 cm³/mol. The van der Waals surface area contributed by atoms with E-state index in [9.17, 15) is 14.7 Å². The van der Waals surface area contributed by atoms with Crippen LogP contribution in [0.4, 0.5) is 4.79 Å². The molecule has 1 aliphatic rings. The van der Waals surface area contributed by atoms with Crippen LogP contribution in [0.5, 0.6) is 0 Å². The van der Waals surface area contributed by atoms with E-state index in [4.69, 9.17) is 9.84 Å². The zero-order valence-corrected chi connectivity index (χ0v) is 10.7. The average molecular weight is 260 g/mol. The molecule has 1 rings (SSSR count). The van der Waals surface area contributed by atoms with Gasteiger partial charge in [0.2, 0.25) is 0 Å². The smallest absolute Gasteiger partial charge is 0.317 e. The van der Waals surface area contributed by atoms with Crippen LogP contribution in [0.25, 0.3) is 0 Å². The molecule has 2 atom stereocenters. The number of hydrogen-bond acceptors (Lipinski definition) is 4. The van der Waals surface area contributed by atoms with Crippen molar-refractivity contribution in [2.75, 3.05) is 26.8 Å². The molecule has 2 unspecified atom stereocenters. The van der Waals surface area contributed by atoms with E-state index in [0.29, 0.717) is 13.2 Å². The van der Waals surface area contributed by atoms with E-state index in [0.717, 1.165) is 6.42 Å². The second-order valence-corrected chi connectivity index (χ2v) is 4.85. The molecule has 0 saturated carbocycles. The Bertz CT molecular complexity index is 313. The molecule has 3 N–H and O–H groups in total. The Morgan fingerprint density at radius 2 is 2.22 bits per heavy atom. The SMILES string of the molecule is CN(C(=O)NCC(C)(O)CC(=O)O)C1CCOC1. The van der Waals surface area contributed by atoms with E-state index in [2.05, 4.69) is 5.32 Å². The first-order valence-corrected chi connectivity index (χ1v) is 5.84. The van der Waals surface area contributed by atoms with Crippen molar-refractivity contribution >= 4 is 12.0 Å². The highest BCUT2D eigenvalue weighted by Crippen LogP contribution is 2.11. The van der Waals surface area contributed by atoms with Gasteiger partial charge in [-0.1, -0.05) is 0 Å². The Hall–Kier alpha value is -1.34. The minimum atomic E-state index is -1.45. The van der Waals surface area contributed by atoms with E-state index in [1.165, 1.54) is 11.8 Å². The third-order valence-corrected chi connectivity index (χ3v) is 2.93. The standard InChI is InChI=1S/C11H20N2O5/c1-11(17,5-9(14)15)7-12-10(16)13(2)8-3-4-18-6-8/h8,17H,3-7H2,1-2H3,(H,12,16)(H,14,15). The van der Waals surface area contributed by atoms with Gasteiger partial charge in [0.1, 0.15) is 0 Å². The first kappa shape index (κ1) is 14.7. The summed E-state index contributed by atoms with van der Waals surface area (Å²) in [5.74, 6) is -1.10. The lowest BCUT2D eigenvalue weighted by atomic mass is 10.0. The van der Waals surface area contributed by atoms with Gasteiger partial charge in [0.25, 0.3) is 0 Å². The largest absolute Gasteiger partial charge is 0.481 e. The second kappa shape index (κ2) is 6.01. The number of carboxylic acid groups (broad SMARTS) is 1. The van der Waals surface area contributed by atoms with Gasteiger partial charge in [0, 0.05) is 20.2 Å². The van der Waals surface area contributed by atoms with Crippen LogP contribution in [0.2, 0.25) is 0 Å². The van der Waals surface area contributed by atoms with Gasteiger partial charge in [0.15, 0.2) is 0 Å². The fraction of sp³-hybridized carbons (Fsp3) is 0.818. The molecule has 0 aromatic carbocycles. The summed E-state index contributed by atoms with van der Waals surface area (Å²) < 4.78 is 5.18. The summed E-state index contributed by atoms with van der Waals surface area (Å²) in [6.07, 6.45) is 0.374. The average Bonchev–Trinajstić information content (AvgIpc) is 2.76. The molecule has 0 aliphatic carbocycles. The number of aliphatic carboxylic acids is 1. The maximum Gasteiger partial charge on any atom is 0.317 e. The molecular formula is C11H20N2O5. The molecule has 0 bridgehead atoms. The van der Waals surface area contributed by atoms with Gasteiger partial charge in [-0.05, 0) is 13.3 Å². The van der Waals surface area contributed by atoms with Crippen LogP contribution in [0.15, 0.2) is 0 Å². The molecule has 1 heterocycles. The van der Waals surface area contributed by atoms with Gasteiger partial charge in [-0.3, -0.25) is 4.79 Å². The monoisotopic (exact) mass is 260 g/mol. The third kappa shape index (κ3) is 4.50. The van der Waals surface area contributed by atoms with Crippen LogP contribution in [-0.2, 0) is 9.53 Å². The molecule has 0 aromatic heterocycles. The van der Waals surface area contributed by atoms with Crippen molar-refractivity contribution in [2.45, 2.75) is 31.4 Å². The number of hydrogen-bond donors (Lipinski definition) is 3. The molecule has 1 fully saturated rings. The van der Waals surface area contributed by atoms with Crippen molar-refractivity contribution in [3.05, 3.63) is 0 Å². The van der Waals surface area contributed by atoms with Crippen LogP contribution in [0.1, 0.15) is 19.8 Å². The van der Waals surface area contributed by atoms with Crippen molar-refractivity contribution in [2.24, 2.45) is 0 Å². The Balaban J connectivity index is 2.37. The minimum Gasteiger partial charge on any atom is -0.481 e. The Labute approximate surface area is 106 Å². The second-order valence-electron chi connectivity index (χ2n) is 4.85. The quantitative estimate of drug-likeness (QED) is 0.627. The first-order valence-electron chi connectivity index (χ1n) is 5.84. The Morgan fingerprint density at radius 1 is 1.56 bits per heavy atom. The lowest BCUT2D eigenvalue weighted by molar-refractivity contribution is -0.141. The zero-order valence-electron chi connectivity index (χ0n) is 10.7. The number of nitrogens with zero attached hydrogens (tertiary/aromatic N) is 1. The van der Waals surface area contributed by atoms with E-state index >= 15 is 0 Å². The molecule has 7 nitrogen and oxygen atoms in total. The summed E-state index contributed by atoms with van der Waals surface area (Å²) in [6.45, 7) is 2.42. The minimum absolute atomic E-state index is 0.0365. The molecule has 2 amide bonds. The first-order chi connectivity index (χ1) is 8.32. The van der Waals surface area contributed by atoms with Crippen molar-refractivity contribution in [1.29, 1.82) is 0 Å². The van der Waals surface area contributed by atoms with Gasteiger partial charge in [-0.15, -0.1) is 0 Å². The lowest BCUT2D eigenvalue weighted by Gasteiger charge is -2.27. The van der Waals surface area contributed by atoms with Gasteiger partial charge in [-0.2, -0.15) is 0 Å². The molecule has 0 spiro atoms. The summed E-state index contributed by atoms with van der Waals surface area (Å²) in [7, 11) is 1.65. The van der Waals surface area contributed by atoms with E-state index < -0.39 is 18.0 Å². The summed E-state index contributed by atoms with van der Waals surface area (Å²) in [5, 5.41) is 20.9. The van der Waals surface area contributed by atoms with Gasteiger partial charge in [-0.25, -0.2) is 4.79 Å². The molecule has 0 radical (unpaired) electrons. The fourth-order valence-corrected chi connectivity index (χ4v) is 1.77. The highest BCUT2D eigenvalue weighted by molar-refractivity contribution is 5.74. The predicted octanol–water partition coefficient (Wildman–Crippen LogP) is -0.358. The Morgan fingerprint density at radius 3 is 2.72 bits per heavy atom. The van der Waals surface area contributed by atoms with Crippen molar-refractivity contribution in [1.82, 2.24) is 10.2 Å². The zero-order chi connectivity index (χ0) is 13.8. The number of urea groups is 1. The summed E-state index contributed by atoms with van der Waals surface area (Å²) in [6, 6.07) is -0.300. The van der Waals surface area contributed by atoms with E-state index in [1.807, 2.05) is 0 Å². The number of aliphatic hydroxyl groups is 1. The van der Waals surface area contributed by atoms with Crippen LogP contribution in [0, 0.1) is 0 Å². The highest BCUT2D eigenvalue weighted by atomic mass is 16.5. The number of nitrogens with one attached hydrogen (secondary N) is 1. The Kier molecular flexibility index (Phi) is 4.92. The van der Waals surface area contributed by atoms with E-state index in [1.54, 1.807) is 7.05 Å². The molecule has 104 valence electrons. The van der Waals surface area contributed by atoms with Gasteiger partial charge in [0.05, 0.1) is 24.7 Å². The third-order valence-electron chi connectivity index (χ3n) is 2.93. The molecule has 0 aromatic rings. The molecule has 7 heteroatoms. The maximum absolute atomic E-state index is 11.8. The maximum atomic E-state index is 11.8. The molecule has 18 heavy (non-hydrogen) atoms. The van der Waals surface area contributed by atoms with Crippen LogP contribution >= 0.6 is 0 Å². The number of ether oxygens (including phenoxy) is 1. The van der Waals surface area contributed by atoms with Crippen LogP contribution < -0.4 is 5.32 Å². The molecule has 1 aliphatic heterocycles. The van der Waals surface area contributed by atoms with Crippen molar-refractivity contribution in [3.63, 3.8) is 0 Å². The number of carboxylic acids is 1. The van der Waals surface area contributed by atoms with E-state index in [-0.39, 0.29) is 18.6 Å². The van der Waals surface area contributed by atoms with Crippen molar-refractivity contribution in [3.8, 4) is 0 Å². The van der Waals surface area contributed by atoms with Gasteiger partial charge >= 0.3 is 12.0 Å². The van der Waals surface area contributed by atoms with Crippen LogP contribution in [0.3, 0.4) is 0 Å². The van der Waals surface area contributed by atoms with Gasteiger partial charge < -0.3 is 25.2 Å². The molecular weight excluding hydrogens is 240 g/mol. The number of amides is 2. The summed E-state index contributed by atoms with van der Waals surface area (Å²) in [5.41, 5.74) is -1.45. The number of carbonyl (C=O) groups excluding carboxylic acids is 1. The topological polar surface area (TPSA) is 99.1 Å². The summed E-state index contributed by atoms with van der Waals surface area (Å²) >= 11 is 0. The number of rotatable bonds is 5. The highest BCUT2D eigenvalue weighted by Gasteiger charge is 2.28. The number of likely N-dealkylation sites (N-methyl/N-ethyl adjacent to an activating group) is 1. The molecule has 1 saturated heterocycles. The van der Waals surface area contributed by atoms with Crippen LogP contribution in [-0.4, -0.2) is 65.6 Å².